The highest BCUT2D eigenvalue weighted by molar-refractivity contribution is 7.46. The van der Waals surface area contributed by atoms with E-state index in [0.29, 0.717) is 0 Å². The SMILES string of the molecule is O=[P+](O)O[P+](=O)O.OCc1ccncc1. The van der Waals surface area contributed by atoms with Crippen molar-refractivity contribution < 1.29 is 28.3 Å². The highest BCUT2D eigenvalue weighted by Gasteiger charge is 2.31. The summed E-state index contributed by atoms with van der Waals surface area (Å²) in [5, 5.41) is 8.51. The first-order valence-corrected chi connectivity index (χ1v) is 5.82. The smallest absolute Gasteiger partial charge is 0.392 e. The quantitative estimate of drug-likeness (QED) is 0.684. The predicted molar refractivity (Wildman–Crippen MR) is 50.9 cm³/mol. The van der Waals surface area contributed by atoms with Crippen LogP contribution in [0.2, 0.25) is 0 Å². The fourth-order valence-corrected chi connectivity index (χ4v) is 1.03. The molecule has 82 valence electrons. The van der Waals surface area contributed by atoms with Gasteiger partial charge >= 0.3 is 16.5 Å². The van der Waals surface area contributed by atoms with Gasteiger partial charge in [-0.3, -0.25) is 4.98 Å². The Bertz CT molecular complexity index is 307. The predicted octanol–water partition coefficient (Wildman–Crippen LogP) is 0.876. The Balaban J connectivity index is 0.000000265. The molecule has 0 aliphatic heterocycles. The summed E-state index contributed by atoms with van der Waals surface area (Å²) in [6.45, 7) is 0.0997. The first-order valence-electron chi connectivity index (χ1n) is 3.56. The molecule has 0 spiro atoms. The number of nitrogens with zero attached hydrogens (tertiary/aromatic N) is 1. The molecule has 1 aromatic rings. The van der Waals surface area contributed by atoms with E-state index in [4.69, 9.17) is 14.9 Å². The van der Waals surface area contributed by atoms with Gasteiger partial charge in [-0.15, -0.1) is 9.79 Å². The van der Waals surface area contributed by atoms with Crippen molar-refractivity contribution >= 4 is 16.5 Å². The van der Waals surface area contributed by atoms with Crippen LogP contribution in [0.4, 0.5) is 0 Å². The van der Waals surface area contributed by atoms with Crippen LogP contribution in [0.15, 0.2) is 24.5 Å². The van der Waals surface area contributed by atoms with Crippen LogP contribution >= 0.6 is 16.5 Å². The Morgan fingerprint density at radius 1 is 1.20 bits per heavy atom. The van der Waals surface area contributed by atoms with Crippen LogP contribution in [0, 0.1) is 0 Å². The Morgan fingerprint density at radius 2 is 1.67 bits per heavy atom. The van der Waals surface area contributed by atoms with Gasteiger partial charge in [-0.05, 0) is 17.7 Å². The molecule has 2 atom stereocenters. The lowest BCUT2D eigenvalue weighted by Crippen LogP contribution is -1.80. The number of aliphatic hydroxyl groups is 1. The molecule has 1 aromatic heterocycles. The second-order valence-electron chi connectivity index (χ2n) is 2.07. The van der Waals surface area contributed by atoms with Gasteiger partial charge in [-0.1, -0.05) is 0 Å². The molecule has 2 unspecified atom stereocenters. The average molecular weight is 253 g/mol. The molecule has 0 amide bonds. The van der Waals surface area contributed by atoms with Crippen molar-refractivity contribution in [3.05, 3.63) is 30.1 Å². The molecule has 15 heavy (non-hydrogen) atoms. The minimum Gasteiger partial charge on any atom is -0.392 e. The molecule has 0 bridgehead atoms. The van der Waals surface area contributed by atoms with Crippen molar-refractivity contribution in [2.24, 2.45) is 0 Å². The summed E-state index contributed by atoms with van der Waals surface area (Å²) in [5.41, 5.74) is 0.903. The van der Waals surface area contributed by atoms with E-state index in [1.165, 1.54) is 0 Å². The number of hydrogen-bond donors (Lipinski definition) is 3. The van der Waals surface area contributed by atoms with Crippen LogP contribution in [-0.4, -0.2) is 19.9 Å². The third-order valence-corrected chi connectivity index (χ3v) is 2.19. The highest BCUT2D eigenvalue weighted by Crippen LogP contribution is 2.30. The van der Waals surface area contributed by atoms with E-state index in [0.717, 1.165) is 5.56 Å². The molecule has 7 nitrogen and oxygen atoms in total. The van der Waals surface area contributed by atoms with E-state index in [1.54, 1.807) is 24.5 Å². The zero-order valence-corrected chi connectivity index (χ0v) is 9.21. The van der Waals surface area contributed by atoms with Crippen LogP contribution in [0.3, 0.4) is 0 Å². The second-order valence-corrected chi connectivity index (χ2v) is 3.68. The molecule has 1 rings (SSSR count). The number of rotatable bonds is 3. The minimum atomic E-state index is -2.92. The molecule has 0 aliphatic rings. The zero-order chi connectivity index (χ0) is 11.7. The normalized spacial score (nSPS) is 11.1. The molecule has 0 aliphatic carbocycles. The van der Waals surface area contributed by atoms with Crippen LogP contribution in [0.5, 0.6) is 0 Å². The van der Waals surface area contributed by atoms with Crippen molar-refractivity contribution in [3.63, 3.8) is 0 Å². The van der Waals surface area contributed by atoms with Crippen molar-refractivity contribution in [3.8, 4) is 0 Å². The second kappa shape index (κ2) is 8.49. The van der Waals surface area contributed by atoms with Gasteiger partial charge in [0, 0.05) is 21.5 Å². The van der Waals surface area contributed by atoms with Crippen LogP contribution < -0.4 is 0 Å². The Hall–Kier alpha value is -0.810. The summed E-state index contributed by atoms with van der Waals surface area (Å²) >= 11 is 0. The van der Waals surface area contributed by atoms with E-state index in [2.05, 4.69) is 9.29 Å². The topological polar surface area (TPSA) is 117 Å². The molecular weight excluding hydrogens is 244 g/mol. The molecule has 1 heterocycles. The van der Waals surface area contributed by atoms with E-state index in [1.807, 2.05) is 0 Å². The fraction of sp³-hybridized carbons (Fsp3) is 0.167. The Morgan fingerprint density at radius 3 is 1.87 bits per heavy atom. The monoisotopic (exact) mass is 253 g/mol. The van der Waals surface area contributed by atoms with Gasteiger partial charge < -0.3 is 5.11 Å². The van der Waals surface area contributed by atoms with Crippen molar-refractivity contribution in [2.45, 2.75) is 6.61 Å². The summed E-state index contributed by atoms with van der Waals surface area (Å²) in [6, 6.07) is 3.56. The maximum atomic E-state index is 9.39. The molecule has 3 N–H and O–H groups in total. The van der Waals surface area contributed by atoms with Gasteiger partial charge in [0.05, 0.1) is 6.61 Å². The first kappa shape index (κ1) is 14.2. The Labute approximate surface area is 87.3 Å². The van der Waals surface area contributed by atoms with E-state index >= 15 is 0 Å². The number of aromatic nitrogens is 1. The minimum absolute atomic E-state index is 0.0997. The standard InChI is InChI=1S/C6H7NO.O5P2/c8-5-6-1-3-7-4-2-6;1-6(2)5-7(3)4/h1-4,8H,5H2;/p+2. The first-order chi connectivity index (χ1) is 7.06. The third kappa shape index (κ3) is 9.49. The number of pyridine rings is 1. The highest BCUT2D eigenvalue weighted by atomic mass is 31.2. The van der Waals surface area contributed by atoms with Gasteiger partial charge in [0.1, 0.15) is 0 Å². The lowest BCUT2D eigenvalue weighted by molar-refractivity contribution is 0.281. The van der Waals surface area contributed by atoms with Gasteiger partial charge in [0.25, 0.3) is 0 Å². The maximum Gasteiger partial charge on any atom is 0.745 e. The van der Waals surface area contributed by atoms with Crippen molar-refractivity contribution in [1.29, 1.82) is 0 Å². The van der Waals surface area contributed by atoms with E-state index in [-0.39, 0.29) is 6.61 Å². The summed E-state index contributed by atoms with van der Waals surface area (Å²) < 4.78 is 22.2. The summed E-state index contributed by atoms with van der Waals surface area (Å²) in [6.07, 6.45) is 3.32. The fourth-order valence-electron chi connectivity index (χ4n) is 0.548. The maximum absolute atomic E-state index is 9.39. The summed E-state index contributed by atoms with van der Waals surface area (Å²) in [7, 11) is -5.85. The number of hydrogen-bond acceptors (Lipinski definition) is 5. The molecule has 0 radical (unpaired) electrons. The molecule has 0 aromatic carbocycles. The van der Waals surface area contributed by atoms with Crippen LogP contribution in [0.25, 0.3) is 0 Å². The van der Waals surface area contributed by atoms with Gasteiger partial charge in [0.15, 0.2) is 4.31 Å². The average Bonchev–Trinajstić information content (AvgIpc) is 2.18. The molecule has 9 heteroatoms. The van der Waals surface area contributed by atoms with Crippen LogP contribution in [0.1, 0.15) is 5.56 Å². The largest absolute Gasteiger partial charge is 0.745 e. The van der Waals surface area contributed by atoms with Crippen LogP contribution in [-0.2, 0) is 20.0 Å². The van der Waals surface area contributed by atoms with Gasteiger partial charge in [0.2, 0.25) is 0 Å². The third-order valence-electron chi connectivity index (χ3n) is 1.07. The van der Waals surface area contributed by atoms with Gasteiger partial charge in [-0.2, -0.15) is 0 Å². The lowest BCUT2D eigenvalue weighted by atomic mass is 10.3. The lowest BCUT2D eigenvalue weighted by Gasteiger charge is -1.88. The number of aliphatic hydroxyl groups excluding tert-OH is 1. The summed E-state index contributed by atoms with van der Waals surface area (Å²) in [4.78, 5) is 19.1. The van der Waals surface area contributed by atoms with Gasteiger partial charge in [-0.25, -0.2) is 0 Å². The molecule has 0 fully saturated rings. The molecule has 0 saturated carbocycles. The van der Waals surface area contributed by atoms with Crippen molar-refractivity contribution in [1.82, 2.24) is 4.98 Å². The molecule has 0 saturated heterocycles. The van der Waals surface area contributed by atoms with E-state index in [9.17, 15) is 9.13 Å². The van der Waals surface area contributed by atoms with E-state index < -0.39 is 16.5 Å². The zero-order valence-electron chi connectivity index (χ0n) is 7.42. The molecular formula is C6H9NO6P2+2. The summed E-state index contributed by atoms with van der Waals surface area (Å²) in [5.74, 6) is 0. The van der Waals surface area contributed by atoms with Crippen molar-refractivity contribution in [2.75, 3.05) is 0 Å². The Kier molecular flexibility index (Phi) is 8.04.